The van der Waals surface area contributed by atoms with Crippen molar-refractivity contribution in [3.63, 3.8) is 0 Å². The SMILES string of the molecule is CC1CC(c2ccc(Cl)c(Br)c2)CN1. The zero-order valence-electron chi connectivity index (χ0n) is 8.06. The quantitative estimate of drug-likeness (QED) is 0.825. The van der Waals surface area contributed by atoms with Crippen LogP contribution < -0.4 is 5.32 Å². The minimum Gasteiger partial charge on any atom is -0.314 e. The summed E-state index contributed by atoms with van der Waals surface area (Å²) in [6, 6.07) is 6.85. The maximum atomic E-state index is 5.95. The molecule has 1 N–H and O–H groups in total. The van der Waals surface area contributed by atoms with Gasteiger partial charge in [0.2, 0.25) is 0 Å². The standard InChI is InChI=1S/C11H13BrClN/c1-7-4-9(6-14-7)8-2-3-11(13)10(12)5-8/h2-3,5,7,9,14H,4,6H2,1H3. The van der Waals surface area contributed by atoms with Gasteiger partial charge in [0.05, 0.1) is 5.02 Å². The topological polar surface area (TPSA) is 12.0 Å². The van der Waals surface area contributed by atoms with Gasteiger partial charge in [-0.1, -0.05) is 17.7 Å². The van der Waals surface area contributed by atoms with Crippen LogP contribution in [0.15, 0.2) is 22.7 Å². The van der Waals surface area contributed by atoms with Gasteiger partial charge >= 0.3 is 0 Å². The average molecular weight is 275 g/mol. The summed E-state index contributed by atoms with van der Waals surface area (Å²) in [5.41, 5.74) is 1.37. The first-order valence-corrected chi connectivity index (χ1v) is 6.02. The van der Waals surface area contributed by atoms with Gasteiger partial charge in [-0.2, -0.15) is 0 Å². The molecule has 0 amide bonds. The fourth-order valence-corrected chi connectivity index (χ4v) is 2.47. The second kappa shape index (κ2) is 4.21. The largest absolute Gasteiger partial charge is 0.314 e. The van der Waals surface area contributed by atoms with Gasteiger partial charge < -0.3 is 5.32 Å². The number of hydrogen-bond donors (Lipinski definition) is 1. The van der Waals surface area contributed by atoms with Crippen molar-refractivity contribution in [1.82, 2.24) is 5.32 Å². The van der Waals surface area contributed by atoms with Crippen LogP contribution in [0.4, 0.5) is 0 Å². The summed E-state index contributed by atoms with van der Waals surface area (Å²) in [5, 5.41) is 4.24. The highest BCUT2D eigenvalue weighted by atomic mass is 79.9. The van der Waals surface area contributed by atoms with Gasteiger partial charge in [-0.3, -0.25) is 0 Å². The fourth-order valence-electron chi connectivity index (χ4n) is 1.96. The summed E-state index contributed by atoms with van der Waals surface area (Å²) in [6.07, 6.45) is 1.22. The Morgan fingerprint density at radius 3 is 2.86 bits per heavy atom. The lowest BCUT2D eigenvalue weighted by Crippen LogP contribution is -2.16. The summed E-state index contributed by atoms with van der Waals surface area (Å²) in [5.74, 6) is 0.638. The van der Waals surface area contributed by atoms with Gasteiger partial charge in [0, 0.05) is 17.1 Å². The molecule has 1 saturated heterocycles. The van der Waals surface area contributed by atoms with E-state index in [4.69, 9.17) is 11.6 Å². The summed E-state index contributed by atoms with van der Waals surface area (Å²) in [4.78, 5) is 0. The smallest absolute Gasteiger partial charge is 0.0548 e. The van der Waals surface area contributed by atoms with Crippen molar-refractivity contribution in [2.75, 3.05) is 6.54 Å². The Hall–Kier alpha value is -0.0500. The van der Waals surface area contributed by atoms with Crippen molar-refractivity contribution in [1.29, 1.82) is 0 Å². The zero-order valence-corrected chi connectivity index (χ0v) is 10.4. The molecule has 1 heterocycles. The summed E-state index contributed by atoms with van der Waals surface area (Å²) >= 11 is 9.41. The molecule has 0 spiro atoms. The number of nitrogens with one attached hydrogen (secondary N) is 1. The van der Waals surface area contributed by atoms with Gasteiger partial charge in [-0.15, -0.1) is 0 Å². The molecule has 0 bridgehead atoms. The van der Waals surface area contributed by atoms with Crippen molar-refractivity contribution in [3.05, 3.63) is 33.3 Å². The third kappa shape index (κ3) is 2.13. The molecule has 2 unspecified atom stereocenters. The highest BCUT2D eigenvalue weighted by Crippen LogP contribution is 2.30. The van der Waals surface area contributed by atoms with Crippen LogP contribution in [0.5, 0.6) is 0 Å². The number of benzene rings is 1. The Morgan fingerprint density at radius 2 is 2.29 bits per heavy atom. The van der Waals surface area contributed by atoms with Crippen LogP contribution in [0, 0.1) is 0 Å². The lowest BCUT2D eigenvalue weighted by Gasteiger charge is -2.09. The lowest BCUT2D eigenvalue weighted by atomic mass is 9.97. The molecule has 0 aliphatic carbocycles. The van der Waals surface area contributed by atoms with E-state index in [1.165, 1.54) is 12.0 Å². The van der Waals surface area contributed by atoms with Crippen molar-refractivity contribution >= 4 is 27.5 Å². The van der Waals surface area contributed by atoms with E-state index in [1.807, 2.05) is 6.07 Å². The summed E-state index contributed by atoms with van der Waals surface area (Å²) in [7, 11) is 0. The number of hydrogen-bond acceptors (Lipinski definition) is 1. The van der Waals surface area contributed by atoms with E-state index in [1.54, 1.807) is 0 Å². The molecule has 1 aliphatic heterocycles. The second-order valence-electron chi connectivity index (χ2n) is 3.92. The molecule has 2 rings (SSSR count). The van der Waals surface area contributed by atoms with Gasteiger partial charge in [0.1, 0.15) is 0 Å². The van der Waals surface area contributed by atoms with E-state index >= 15 is 0 Å². The van der Waals surface area contributed by atoms with Crippen molar-refractivity contribution in [2.45, 2.75) is 25.3 Å². The minimum atomic E-state index is 0.634. The van der Waals surface area contributed by atoms with E-state index in [9.17, 15) is 0 Å². The zero-order chi connectivity index (χ0) is 10.1. The Kier molecular flexibility index (Phi) is 3.15. The first-order valence-electron chi connectivity index (χ1n) is 4.85. The highest BCUT2D eigenvalue weighted by Gasteiger charge is 2.22. The number of rotatable bonds is 1. The molecule has 1 nitrogen and oxygen atoms in total. The van der Waals surface area contributed by atoms with E-state index in [0.29, 0.717) is 12.0 Å². The molecular weight excluding hydrogens is 261 g/mol. The van der Waals surface area contributed by atoms with Crippen LogP contribution >= 0.6 is 27.5 Å². The van der Waals surface area contributed by atoms with Crippen LogP contribution in [-0.2, 0) is 0 Å². The van der Waals surface area contributed by atoms with Gasteiger partial charge in [0.25, 0.3) is 0 Å². The molecule has 2 atom stereocenters. The Labute approximate surface area is 98.0 Å². The molecule has 14 heavy (non-hydrogen) atoms. The molecule has 0 saturated carbocycles. The Bertz CT molecular complexity index is 340. The fraction of sp³-hybridized carbons (Fsp3) is 0.455. The van der Waals surface area contributed by atoms with Gasteiger partial charge in [0.15, 0.2) is 0 Å². The first-order chi connectivity index (χ1) is 6.66. The first kappa shape index (κ1) is 10.5. The molecular formula is C11H13BrClN. The maximum Gasteiger partial charge on any atom is 0.0548 e. The van der Waals surface area contributed by atoms with Crippen molar-refractivity contribution in [3.8, 4) is 0 Å². The van der Waals surface area contributed by atoms with E-state index < -0.39 is 0 Å². The van der Waals surface area contributed by atoms with Gasteiger partial charge in [-0.05, 0) is 52.9 Å². The molecule has 1 fully saturated rings. The lowest BCUT2D eigenvalue weighted by molar-refractivity contribution is 0.658. The van der Waals surface area contributed by atoms with Crippen LogP contribution in [0.3, 0.4) is 0 Å². The Morgan fingerprint density at radius 1 is 1.50 bits per heavy atom. The molecule has 1 aliphatic rings. The van der Waals surface area contributed by atoms with Crippen molar-refractivity contribution in [2.24, 2.45) is 0 Å². The summed E-state index contributed by atoms with van der Waals surface area (Å²) in [6.45, 7) is 3.31. The van der Waals surface area contributed by atoms with Gasteiger partial charge in [-0.25, -0.2) is 0 Å². The van der Waals surface area contributed by atoms with E-state index in [2.05, 4.69) is 40.3 Å². The second-order valence-corrected chi connectivity index (χ2v) is 5.18. The molecule has 0 aromatic heterocycles. The number of halogens is 2. The normalized spacial score (nSPS) is 26.8. The molecule has 76 valence electrons. The molecule has 3 heteroatoms. The minimum absolute atomic E-state index is 0.634. The molecule has 0 radical (unpaired) electrons. The third-order valence-corrected chi connectivity index (χ3v) is 3.98. The van der Waals surface area contributed by atoms with Crippen LogP contribution in [-0.4, -0.2) is 12.6 Å². The average Bonchev–Trinajstić information content (AvgIpc) is 2.57. The highest BCUT2D eigenvalue weighted by molar-refractivity contribution is 9.10. The summed E-state index contributed by atoms with van der Waals surface area (Å²) < 4.78 is 0.996. The van der Waals surface area contributed by atoms with E-state index in [0.717, 1.165) is 16.0 Å². The van der Waals surface area contributed by atoms with Crippen molar-refractivity contribution < 1.29 is 0 Å². The predicted molar refractivity (Wildman–Crippen MR) is 64.0 cm³/mol. The van der Waals surface area contributed by atoms with Crippen LogP contribution in [0.1, 0.15) is 24.8 Å². The van der Waals surface area contributed by atoms with Crippen LogP contribution in [0.2, 0.25) is 5.02 Å². The maximum absolute atomic E-state index is 5.95. The van der Waals surface area contributed by atoms with E-state index in [-0.39, 0.29) is 0 Å². The predicted octanol–water partition coefficient (Wildman–Crippen LogP) is 3.57. The molecule has 1 aromatic rings. The molecule has 1 aromatic carbocycles. The third-order valence-electron chi connectivity index (χ3n) is 2.77. The van der Waals surface area contributed by atoms with Crippen LogP contribution in [0.25, 0.3) is 0 Å². The Balaban J connectivity index is 2.20. The monoisotopic (exact) mass is 273 g/mol.